The first kappa shape index (κ1) is 15.6. The van der Waals surface area contributed by atoms with E-state index in [-0.39, 0.29) is 6.42 Å². The van der Waals surface area contributed by atoms with Crippen molar-refractivity contribution < 1.29 is 19.4 Å². The van der Waals surface area contributed by atoms with Crippen LogP contribution in [0.25, 0.3) is 0 Å². The molecule has 1 heterocycles. The van der Waals surface area contributed by atoms with Crippen molar-refractivity contribution in [2.45, 2.75) is 44.6 Å². The third-order valence-electron chi connectivity index (χ3n) is 3.68. The Labute approximate surface area is 125 Å². The maximum atomic E-state index is 11.8. The Morgan fingerprint density at radius 3 is 2.48 bits per heavy atom. The normalized spacial score (nSPS) is 24.0. The van der Waals surface area contributed by atoms with Crippen molar-refractivity contribution in [3.8, 4) is 0 Å². The van der Waals surface area contributed by atoms with Crippen molar-refractivity contribution in [2.75, 3.05) is 0 Å². The average molecular weight is 287 g/mol. The highest BCUT2D eigenvalue weighted by Gasteiger charge is 2.48. The summed E-state index contributed by atoms with van der Waals surface area (Å²) in [5.41, 5.74) is 0.0937. The molecule has 0 aliphatic carbocycles. The van der Waals surface area contributed by atoms with Gasteiger partial charge in [-0.25, -0.2) is 0 Å². The van der Waals surface area contributed by atoms with Crippen molar-refractivity contribution in [2.24, 2.45) is 0 Å². The summed E-state index contributed by atoms with van der Waals surface area (Å²) in [6, 6.07) is 9.17. The minimum Gasteiger partial charge on any atom is -0.481 e. The van der Waals surface area contributed by atoms with Gasteiger partial charge in [0, 0.05) is 0 Å². The van der Waals surface area contributed by atoms with Gasteiger partial charge in [0.1, 0.15) is 5.72 Å². The lowest BCUT2D eigenvalue weighted by atomic mass is 9.95. The molecule has 1 aliphatic rings. The fraction of sp³-hybridized carbons (Fsp3) is 0.467. The quantitative estimate of drug-likeness (QED) is 0.857. The Morgan fingerprint density at radius 1 is 1.33 bits per heavy atom. The molecule has 0 bridgehead atoms. The number of carbonyl (C=O) groups excluding carboxylic acids is 1. The maximum absolute atomic E-state index is 11.8. The van der Waals surface area contributed by atoms with E-state index in [9.17, 15) is 9.59 Å². The van der Waals surface area contributed by atoms with Crippen LogP contribution in [-0.4, -0.2) is 47.5 Å². The molecule has 2 rings (SSSR count). The van der Waals surface area contributed by atoms with Crippen LogP contribution in [0, 0.1) is 0 Å². The highest BCUT2D eigenvalue weighted by molar-refractivity contribution is 6.57. The van der Waals surface area contributed by atoms with Gasteiger partial charge in [0.2, 0.25) is 7.85 Å². The summed E-state index contributed by atoms with van der Waals surface area (Å²) in [6.07, 6.45) is -0.235. The molecule has 1 amide bonds. The van der Waals surface area contributed by atoms with E-state index in [4.69, 9.17) is 17.7 Å². The fourth-order valence-corrected chi connectivity index (χ4v) is 2.93. The van der Waals surface area contributed by atoms with Gasteiger partial charge in [-0.05, 0) is 25.8 Å². The molecule has 21 heavy (non-hydrogen) atoms. The summed E-state index contributed by atoms with van der Waals surface area (Å²) in [5, 5.41) is 9.04. The number of hydrogen-bond acceptors (Lipinski definition) is 3. The molecule has 1 saturated heterocycles. The summed E-state index contributed by atoms with van der Waals surface area (Å²) < 4.78 is 5.76. The number of rotatable bonds is 4. The van der Waals surface area contributed by atoms with Crippen molar-refractivity contribution >= 4 is 19.6 Å². The number of benzene rings is 1. The largest absolute Gasteiger partial charge is 0.481 e. The molecule has 110 valence electrons. The molecule has 1 aromatic carbocycles. The summed E-state index contributed by atoms with van der Waals surface area (Å²) in [4.78, 5) is 24.2. The van der Waals surface area contributed by atoms with Crippen LogP contribution in [0.4, 0.5) is 4.79 Å². The van der Waals surface area contributed by atoms with Crippen LogP contribution < -0.4 is 0 Å². The van der Waals surface area contributed by atoms with Gasteiger partial charge in [-0.3, -0.25) is 9.59 Å². The van der Waals surface area contributed by atoms with Crippen molar-refractivity contribution in [1.29, 1.82) is 0 Å². The molecule has 2 atom stereocenters. The summed E-state index contributed by atoms with van der Waals surface area (Å²) in [7, 11) is 5.47. The Bertz CT molecular complexity index is 532. The van der Waals surface area contributed by atoms with Crippen molar-refractivity contribution in [3.05, 3.63) is 35.9 Å². The van der Waals surface area contributed by atoms with Gasteiger partial charge in [-0.1, -0.05) is 30.3 Å². The molecule has 0 spiro atoms. The van der Waals surface area contributed by atoms with Crippen LogP contribution in [-0.2, 0) is 16.0 Å². The van der Waals surface area contributed by atoms with Crippen molar-refractivity contribution in [3.63, 3.8) is 0 Å². The van der Waals surface area contributed by atoms with E-state index < -0.39 is 29.6 Å². The molecule has 6 heteroatoms. The van der Waals surface area contributed by atoms with Crippen LogP contribution >= 0.6 is 0 Å². The number of nitrogens with zero attached hydrogens (tertiary/aromatic N) is 1. The second kappa shape index (κ2) is 5.89. The standard InChI is InChI=1S/C15H18BNO4/c1-15(2)17(14(16)20)11(12(21-15)9-13(18)19)8-10-6-4-3-5-7-10/h3-7,11-12H,8-9H2,1-2H3,(H,18,19). The van der Waals surface area contributed by atoms with E-state index in [1.165, 1.54) is 4.90 Å². The zero-order valence-corrected chi connectivity index (χ0v) is 12.2. The minimum atomic E-state index is -0.958. The molecule has 0 aromatic heterocycles. The first-order valence-corrected chi connectivity index (χ1v) is 6.83. The second-order valence-electron chi connectivity index (χ2n) is 5.67. The van der Waals surface area contributed by atoms with Gasteiger partial charge >= 0.3 is 5.97 Å². The zero-order valence-electron chi connectivity index (χ0n) is 12.2. The van der Waals surface area contributed by atoms with Crippen LogP contribution in [0.3, 0.4) is 0 Å². The van der Waals surface area contributed by atoms with Crippen LogP contribution in [0.1, 0.15) is 25.8 Å². The van der Waals surface area contributed by atoms with Crippen LogP contribution in [0.2, 0.25) is 0 Å². The molecule has 1 aromatic rings. The van der Waals surface area contributed by atoms with E-state index in [2.05, 4.69) is 0 Å². The Hall–Kier alpha value is -1.82. The summed E-state index contributed by atoms with van der Waals surface area (Å²) in [6.45, 7) is 3.44. The predicted molar refractivity (Wildman–Crippen MR) is 78.1 cm³/mol. The smallest absolute Gasteiger partial charge is 0.306 e. The lowest BCUT2D eigenvalue weighted by Crippen LogP contribution is -2.48. The van der Waals surface area contributed by atoms with Gasteiger partial charge in [-0.2, -0.15) is 0 Å². The number of carboxylic acids is 1. The monoisotopic (exact) mass is 287 g/mol. The van der Waals surface area contributed by atoms with Gasteiger partial charge in [0.25, 0.3) is 0 Å². The lowest BCUT2D eigenvalue weighted by Gasteiger charge is -2.33. The molecule has 1 aliphatic heterocycles. The highest BCUT2D eigenvalue weighted by Crippen LogP contribution is 2.35. The summed E-state index contributed by atoms with van der Waals surface area (Å²) in [5.74, 6) is -1.56. The highest BCUT2D eigenvalue weighted by atomic mass is 16.5. The van der Waals surface area contributed by atoms with E-state index >= 15 is 0 Å². The molecule has 2 unspecified atom stereocenters. The number of ether oxygens (including phenoxy) is 1. The van der Waals surface area contributed by atoms with E-state index in [1.54, 1.807) is 13.8 Å². The number of aliphatic carboxylic acids is 1. The second-order valence-corrected chi connectivity index (χ2v) is 5.67. The maximum Gasteiger partial charge on any atom is 0.306 e. The molecule has 5 nitrogen and oxygen atoms in total. The number of carbonyl (C=O) groups is 2. The minimum absolute atomic E-state index is 0.162. The van der Waals surface area contributed by atoms with Gasteiger partial charge < -0.3 is 14.7 Å². The van der Waals surface area contributed by atoms with Gasteiger partial charge in [0.05, 0.1) is 18.6 Å². The Morgan fingerprint density at radius 2 is 1.95 bits per heavy atom. The molecule has 1 fully saturated rings. The zero-order chi connectivity index (χ0) is 15.6. The first-order chi connectivity index (χ1) is 9.81. The number of hydrogen-bond donors (Lipinski definition) is 1. The van der Waals surface area contributed by atoms with E-state index in [0.717, 1.165) is 5.56 Å². The van der Waals surface area contributed by atoms with E-state index in [0.29, 0.717) is 6.42 Å². The molecule has 0 saturated carbocycles. The molecular formula is C15H18BNO4. The van der Waals surface area contributed by atoms with Crippen LogP contribution in [0.15, 0.2) is 30.3 Å². The van der Waals surface area contributed by atoms with Crippen molar-refractivity contribution in [1.82, 2.24) is 4.90 Å². The molecular weight excluding hydrogens is 269 g/mol. The number of amides is 1. The molecule has 2 radical (unpaired) electrons. The van der Waals surface area contributed by atoms with Crippen LogP contribution in [0.5, 0.6) is 0 Å². The topological polar surface area (TPSA) is 66.8 Å². The van der Waals surface area contributed by atoms with Gasteiger partial charge in [0.15, 0.2) is 5.81 Å². The average Bonchev–Trinajstić information content (AvgIpc) is 2.60. The number of carboxylic acid groups (broad SMARTS) is 1. The molecule has 1 N–H and O–H groups in total. The third-order valence-corrected chi connectivity index (χ3v) is 3.68. The predicted octanol–water partition coefficient (Wildman–Crippen LogP) is 1.80. The third kappa shape index (κ3) is 3.45. The van der Waals surface area contributed by atoms with E-state index in [1.807, 2.05) is 30.3 Å². The Balaban J connectivity index is 2.29. The Kier molecular flexibility index (Phi) is 4.37. The van der Waals surface area contributed by atoms with Gasteiger partial charge in [-0.15, -0.1) is 0 Å². The fourth-order valence-electron chi connectivity index (χ4n) is 2.93. The first-order valence-electron chi connectivity index (χ1n) is 6.83. The SMILES string of the molecule is [B]C(=O)N1C(Cc2ccccc2)C(CC(=O)O)OC1(C)C. The lowest BCUT2D eigenvalue weighted by molar-refractivity contribution is -0.141. The summed E-state index contributed by atoms with van der Waals surface area (Å²) >= 11 is 0.